The fourth-order valence-electron chi connectivity index (χ4n) is 3.90. The zero-order valence-electron chi connectivity index (χ0n) is 15.1. The Balaban J connectivity index is 1.62. The topological polar surface area (TPSA) is 73.5 Å². The van der Waals surface area contributed by atoms with Crippen molar-refractivity contribution in [1.82, 2.24) is 9.97 Å². The number of ether oxygens (including phenoxy) is 2. The van der Waals surface area contributed by atoms with E-state index >= 15 is 0 Å². The van der Waals surface area contributed by atoms with Crippen LogP contribution in [-0.4, -0.2) is 41.4 Å². The Bertz CT molecular complexity index is 832. The zero-order chi connectivity index (χ0) is 17.7. The first-order valence-corrected chi connectivity index (χ1v) is 9.44. The summed E-state index contributed by atoms with van der Waals surface area (Å²) in [5.74, 6) is 2.48. The highest BCUT2D eigenvalue weighted by Crippen LogP contribution is 2.49. The van der Waals surface area contributed by atoms with Gasteiger partial charge in [0, 0.05) is 17.8 Å². The fourth-order valence-corrected chi connectivity index (χ4v) is 3.90. The molecule has 1 aromatic heterocycles. The number of nitrogen functional groups attached to an aromatic ring is 1. The molecular formula is C20H24N4O2. The van der Waals surface area contributed by atoms with Crippen LogP contribution in [0.5, 0.6) is 5.88 Å². The summed E-state index contributed by atoms with van der Waals surface area (Å²) in [5.41, 5.74) is 8.72. The van der Waals surface area contributed by atoms with E-state index in [9.17, 15) is 0 Å². The van der Waals surface area contributed by atoms with Crippen molar-refractivity contribution in [2.24, 2.45) is 0 Å². The molecule has 1 spiro atoms. The third kappa shape index (κ3) is 2.69. The van der Waals surface area contributed by atoms with Gasteiger partial charge in [-0.05, 0) is 56.9 Å². The first kappa shape index (κ1) is 15.9. The molecule has 0 radical (unpaired) electrons. The second kappa shape index (κ2) is 5.84. The van der Waals surface area contributed by atoms with E-state index in [1.807, 2.05) is 24.3 Å². The molecule has 0 bridgehead atoms. The minimum Gasteiger partial charge on any atom is -0.471 e. The molecule has 1 aliphatic carbocycles. The number of aromatic nitrogens is 2. The summed E-state index contributed by atoms with van der Waals surface area (Å²) in [7, 11) is 0. The Morgan fingerprint density at radius 1 is 1.15 bits per heavy atom. The van der Waals surface area contributed by atoms with Crippen LogP contribution in [0.1, 0.15) is 31.7 Å². The molecule has 2 aliphatic heterocycles. The molecule has 1 unspecified atom stereocenters. The molecule has 6 nitrogen and oxygen atoms in total. The highest BCUT2D eigenvalue weighted by molar-refractivity contribution is 5.64. The third-order valence-electron chi connectivity index (χ3n) is 5.71. The van der Waals surface area contributed by atoms with Gasteiger partial charge < -0.3 is 20.1 Å². The molecular weight excluding hydrogens is 328 g/mol. The quantitative estimate of drug-likeness (QED) is 0.838. The highest BCUT2D eigenvalue weighted by Gasteiger charge is 2.49. The third-order valence-corrected chi connectivity index (χ3v) is 5.71. The van der Waals surface area contributed by atoms with Crippen molar-refractivity contribution in [3.05, 3.63) is 29.8 Å². The van der Waals surface area contributed by atoms with Crippen LogP contribution in [0.25, 0.3) is 11.4 Å². The summed E-state index contributed by atoms with van der Waals surface area (Å²) in [6, 6.07) is 8.01. The van der Waals surface area contributed by atoms with E-state index in [4.69, 9.17) is 25.2 Å². The summed E-state index contributed by atoms with van der Waals surface area (Å²) >= 11 is 0. The van der Waals surface area contributed by atoms with Crippen LogP contribution >= 0.6 is 0 Å². The number of morpholine rings is 1. The lowest BCUT2D eigenvalue weighted by atomic mass is 10.0. The maximum Gasteiger partial charge on any atom is 0.222 e. The highest BCUT2D eigenvalue weighted by atomic mass is 16.5. The molecule has 136 valence electrons. The van der Waals surface area contributed by atoms with E-state index < -0.39 is 0 Å². The SMILES string of the molecule is CC1COCCN1c1nc(-c2ccc(N)cc2)nc2c1CCC1(CC1)O2. The van der Waals surface area contributed by atoms with Gasteiger partial charge in [-0.2, -0.15) is 4.98 Å². The van der Waals surface area contributed by atoms with E-state index in [1.165, 1.54) is 0 Å². The van der Waals surface area contributed by atoms with Crippen LogP contribution in [0.4, 0.5) is 11.5 Å². The zero-order valence-corrected chi connectivity index (χ0v) is 15.1. The van der Waals surface area contributed by atoms with Crippen LogP contribution in [0, 0.1) is 0 Å². The Kier molecular flexibility index (Phi) is 3.57. The number of fused-ring (bicyclic) bond motifs is 1. The molecule has 1 aromatic carbocycles. The predicted molar refractivity (Wildman–Crippen MR) is 100 cm³/mol. The number of nitrogens with two attached hydrogens (primary N) is 1. The first-order chi connectivity index (χ1) is 12.6. The summed E-state index contributed by atoms with van der Waals surface area (Å²) < 4.78 is 12.0. The molecule has 1 saturated carbocycles. The van der Waals surface area contributed by atoms with Gasteiger partial charge in [-0.3, -0.25) is 0 Å². The van der Waals surface area contributed by atoms with Crippen LogP contribution in [0.2, 0.25) is 0 Å². The van der Waals surface area contributed by atoms with Crippen LogP contribution in [0.3, 0.4) is 0 Å². The van der Waals surface area contributed by atoms with Gasteiger partial charge in [0.1, 0.15) is 11.4 Å². The number of anilines is 2. The largest absolute Gasteiger partial charge is 0.471 e. The summed E-state index contributed by atoms with van der Waals surface area (Å²) in [6.45, 7) is 4.48. The number of benzene rings is 1. The molecule has 3 heterocycles. The van der Waals surface area contributed by atoms with E-state index in [0.29, 0.717) is 11.9 Å². The Morgan fingerprint density at radius 2 is 1.96 bits per heavy atom. The minimum absolute atomic E-state index is 0.0354. The molecule has 1 atom stereocenters. The standard InChI is InChI=1S/C20H24N4O2/c1-13-12-25-11-10-24(13)18-16-6-7-20(8-9-20)26-19(16)23-17(22-18)14-2-4-15(21)5-3-14/h2-5,13H,6-12,21H2,1H3. The fraction of sp³-hybridized carbons (Fsp3) is 0.500. The molecule has 2 N–H and O–H groups in total. The van der Waals surface area contributed by atoms with Gasteiger partial charge >= 0.3 is 0 Å². The van der Waals surface area contributed by atoms with Gasteiger partial charge in [0.2, 0.25) is 5.88 Å². The van der Waals surface area contributed by atoms with Crippen molar-refractivity contribution < 1.29 is 9.47 Å². The van der Waals surface area contributed by atoms with Crippen molar-refractivity contribution >= 4 is 11.5 Å². The van der Waals surface area contributed by atoms with E-state index in [0.717, 1.165) is 74.0 Å². The lowest BCUT2D eigenvalue weighted by molar-refractivity contribution is 0.0978. The van der Waals surface area contributed by atoms with E-state index in [1.54, 1.807) is 0 Å². The Morgan fingerprint density at radius 3 is 2.69 bits per heavy atom. The monoisotopic (exact) mass is 352 g/mol. The molecule has 2 aromatic rings. The normalized spacial score (nSPS) is 23.4. The summed E-state index contributed by atoms with van der Waals surface area (Å²) in [6.07, 6.45) is 4.32. The second-order valence-electron chi connectivity index (χ2n) is 7.68. The van der Waals surface area contributed by atoms with Gasteiger partial charge in [0.05, 0.1) is 24.8 Å². The Hall–Kier alpha value is -2.34. The maximum absolute atomic E-state index is 6.35. The number of hydrogen-bond donors (Lipinski definition) is 1. The molecule has 0 amide bonds. The average molecular weight is 352 g/mol. The van der Waals surface area contributed by atoms with Gasteiger partial charge in [0.25, 0.3) is 0 Å². The molecule has 3 aliphatic rings. The van der Waals surface area contributed by atoms with Crippen LogP contribution in [-0.2, 0) is 11.2 Å². The number of nitrogens with zero attached hydrogens (tertiary/aromatic N) is 3. The number of hydrogen-bond acceptors (Lipinski definition) is 6. The van der Waals surface area contributed by atoms with E-state index in [-0.39, 0.29) is 5.60 Å². The molecule has 5 rings (SSSR count). The van der Waals surface area contributed by atoms with Crippen molar-refractivity contribution in [2.75, 3.05) is 30.4 Å². The second-order valence-corrected chi connectivity index (χ2v) is 7.68. The molecule has 6 heteroatoms. The smallest absolute Gasteiger partial charge is 0.222 e. The number of rotatable bonds is 2. The van der Waals surface area contributed by atoms with Gasteiger partial charge in [-0.1, -0.05) is 0 Å². The molecule has 1 saturated heterocycles. The van der Waals surface area contributed by atoms with Gasteiger partial charge in [-0.25, -0.2) is 4.98 Å². The van der Waals surface area contributed by atoms with Crippen LogP contribution < -0.4 is 15.4 Å². The van der Waals surface area contributed by atoms with Gasteiger partial charge in [-0.15, -0.1) is 0 Å². The van der Waals surface area contributed by atoms with Gasteiger partial charge in [0.15, 0.2) is 5.82 Å². The predicted octanol–water partition coefficient (Wildman–Crippen LogP) is 2.81. The lowest BCUT2D eigenvalue weighted by Crippen LogP contribution is -2.45. The average Bonchev–Trinajstić information content (AvgIpc) is 3.40. The summed E-state index contributed by atoms with van der Waals surface area (Å²) in [5, 5.41) is 0. The van der Waals surface area contributed by atoms with Crippen molar-refractivity contribution in [3.8, 4) is 17.3 Å². The summed E-state index contributed by atoms with van der Waals surface area (Å²) in [4.78, 5) is 12.1. The van der Waals surface area contributed by atoms with Crippen molar-refractivity contribution in [3.63, 3.8) is 0 Å². The molecule has 26 heavy (non-hydrogen) atoms. The van der Waals surface area contributed by atoms with E-state index in [2.05, 4.69) is 11.8 Å². The molecule has 2 fully saturated rings. The lowest BCUT2D eigenvalue weighted by Gasteiger charge is -2.37. The first-order valence-electron chi connectivity index (χ1n) is 9.44. The Labute approximate surface area is 153 Å². The minimum atomic E-state index is 0.0354. The maximum atomic E-state index is 6.35. The van der Waals surface area contributed by atoms with Crippen molar-refractivity contribution in [1.29, 1.82) is 0 Å². The van der Waals surface area contributed by atoms with Crippen LogP contribution in [0.15, 0.2) is 24.3 Å². The van der Waals surface area contributed by atoms with Crippen molar-refractivity contribution in [2.45, 2.75) is 44.2 Å².